The van der Waals surface area contributed by atoms with Crippen molar-refractivity contribution in [1.29, 1.82) is 0 Å². The molecule has 0 amide bonds. The van der Waals surface area contributed by atoms with Crippen LogP contribution in [0.1, 0.15) is 12.5 Å². The Labute approximate surface area is 248 Å². The lowest BCUT2D eigenvalue weighted by atomic mass is 10.1. The summed E-state index contributed by atoms with van der Waals surface area (Å²) in [4.78, 5) is 55.8. The smallest absolute Gasteiger partial charge is 0.387 e. The predicted octanol–water partition coefficient (Wildman–Crippen LogP) is -2.34. The zero-order valence-electron chi connectivity index (χ0n) is 22.4. The van der Waals surface area contributed by atoms with Gasteiger partial charge in [-0.05, 0) is 0 Å². The molecule has 10 atom stereocenters. The summed E-state index contributed by atoms with van der Waals surface area (Å²) in [7, 11) is -10.2. The third kappa shape index (κ3) is 5.31. The van der Waals surface area contributed by atoms with Crippen LogP contribution in [0.25, 0.3) is 22.3 Å². The molecule has 45 heavy (non-hydrogen) atoms. The van der Waals surface area contributed by atoms with Gasteiger partial charge in [0.25, 0.3) is 5.56 Å². The molecule has 4 aromatic rings. The van der Waals surface area contributed by atoms with E-state index in [1.165, 1.54) is 10.9 Å². The summed E-state index contributed by atoms with van der Waals surface area (Å²) in [5.74, 6) is -0.250. The number of aliphatic hydroxyl groups excluding tert-OH is 2. The Morgan fingerprint density at radius 1 is 0.822 bits per heavy atom. The molecular weight excluding hydrogens is 650 g/mol. The Hall–Kier alpha value is -3.44. The first-order valence-electron chi connectivity index (χ1n) is 13.0. The average Bonchev–Trinajstić information content (AvgIpc) is 3.72. The van der Waals surface area contributed by atoms with E-state index >= 15 is 0 Å². The van der Waals surface area contributed by atoms with Gasteiger partial charge in [-0.25, -0.2) is 29.1 Å². The van der Waals surface area contributed by atoms with Crippen LogP contribution in [0.3, 0.4) is 0 Å². The molecule has 3 aliphatic rings. The van der Waals surface area contributed by atoms with E-state index < -0.39 is 83.5 Å². The van der Waals surface area contributed by atoms with Crippen LogP contribution in [-0.4, -0.2) is 109 Å². The van der Waals surface area contributed by atoms with Crippen LogP contribution in [0.2, 0.25) is 0 Å². The summed E-state index contributed by atoms with van der Waals surface area (Å²) in [5.41, 5.74) is 10.8. The lowest BCUT2D eigenvalue weighted by Crippen LogP contribution is -2.36. The standard InChI is InChI=1S/C20H24N10O13P2/c21-14-8-15(24-3-23-14)29(4-25-8)18-11(32)12-7(41-18)2-39-45(36,37)43-13-10(31)6(1-38-44(34,35)42-12)40-19(13)30-5-26-9-16(30)27-20(22)28-17(9)33/h3-7,10-13,18-19,31-32H,1-2H2,(H,34,35)(H,36,37)(H2,21,23,24)(H3,22,27,28,33)/t6-,7-,10+,11-,12-,13-,18-,19?/m1/s1. The molecule has 0 aliphatic carbocycles. The van der Waals surface area contributed by atoms with Crippen LogP contribution in [0.15, 0.2) is 23.8 Å². The molecule has 0 aromatic carbocycles. The first-order chi connectivity index (χ1) is 21.3. The normalized spacial score (nSPS) is 37.7. The number of rotatable bonds is 2. The number of H-pyrrole nitrogens is 1. The number of aromatic amines is 1. The molecule has 242 valence electrons. The van der Waals surface area contributed by atoms with Crippen molar-refractivity contribution in [2.45, 2.75) is 49.1 Å². The van der Waals surface area contributed by atoms with Gasteiger partial charge < -0.3 is 40.9 Å². The van der Waals surface area contributed by atoms with Crippen molar-refractivity contribution in [3.8, 4) is 0 Å². The number of anilines is 2. The van der Waals surface area contributed by atoms with Crippen molar-refractivity contribution in [3.05, 3.63) is 29.3 Å². The number of aromatic nitrogens is 8. The highest BCUT2D eigenvalue weighted by Crippen LogP contribution is 2.53. The van der Waals surface area contributed by atoms with Crippen LogP contribution >= 0.6 is 15.6 Å². The van der Waals surface area contributed by atoms with Crippen LogP contribution in [0.5, 0.6) is 0 Å². The first kappa shape index (κ1) is 30.2. The van der Waals surface area contributed by atoms with E-state index in [-0.39, 0.29) is 34.1 Å². The Kier molecular flexibility index (Phi) is 7.27. The van der Waals surface area contributed by atoms with Gasteiger partial charge in [-0.2, -0.15) is 4.98 Å². The van der Waals surface area contributed by atoms with Gasteiger partial charge in [-0.3, -0.25) is 37.0 Å². The number of phosphoric acid groups is 2. The minimum absolute atomic E-state index is 0.0343. The quantitative estimate of drug-likeness (QED) is 0.109. The summed E-state index contributed by atoms with van der Waals surface area (Å²) in [6.45, 7) is -1.65. The third-order valence-electron chi connectivity index (χ3n) is 7.32. The zero-order chi connectivity index (χ0) is 31.8. The molecule has 0 radical (unpaired) electrons. The summed E-state index contributed by atoms with van der Waals surface area (Å²) < 4.78 is 61.0. The largest absolute Gasteiger partial charge is 0.472 e. The second kappa shape index (κ2) is 10.8. The molecular formula is C20H24N10O13P2. The SMILES string of the molecule is Nc1nc2c(ncn2C2O[C@@H]3COP(=O)(O)O[C@H]4[C@@H](O)[C@H](n5cnc6c(N)ncnc65)O[C@@H]4COP(=O)(O)O[C@@H]2[C@H]3O)c(=O)[nH]1. The predicted molar refractivity (Wildman–Crippen MR) is 143 cm³/mol. The molecule has 25 heteroatoms. The van der Waals surface area contributed by atoms with Gasteiger partial charge in [-0.15, -0.1) is 0 Å². The summed E-state index contributed by atoms with van der Waals surface area (Å²) >= 11 is 0. The van der Waals surface area contributed by atoms with Gasteiger partial charge in [0.15, 0.2) is 35.1 Å². The van der Waals surface area contributed by atoms with Crippen molar-refractivity contribution >= 4 is 49.7 Å². The second-order valence-electron chi connectivity index (χ2n) is 10.1. The molecule has 9 N–H and O–H groups in total. The van der Waals surface area contributed by atoms with E-state index in [1.807, 2.05) is 0 Å². The number of hydrogen-bond donors (Lipinski definition) is 7. The van der Waals surface area contributed by atoms with Gasteiger partial charge in [0, 0.05) is 0 Å². The van der Waals surface area contributed by atoms with E-state index in [2.05, 4.69) is 29.9 Å². The van der Waals surface area contributed by atoms with Crippen LogP contribution in [0, 0.1) is 0 Å². The molecule has 23 nitrogen and oxygen atoms in total. The van der Waals surface area contributed by atoms with Crippen molar-refractivity contribution in [2.24, 2.45) is 0 Å². The van der Waals surface area contributed by atoms with Gasteiger partial charge in [0.2, 0.25) is 5.95 Å². The third-order valence-corrected chi connectivity index (χ3v) is 9.29. The van der Waals surface area contributed by atoms with Crippen molar-refractivity contribution in [2.75, 3.05) is 24.7 Å². The molecule has 3 aliphatic heterocycles. The number of fused-ring (bicyclic) bond motifs is 5. The first-order valence-corrected chi connectivity index (χ1v) is 15.9. The van der Waals surface area contributed by atoms with E-state index in [1.54, 1.807) is 0 Å². The Morgan fingerprint density at radius 3 is 2.18 bits per heavy atom. The highest BCUT2D eigenvalue weighted by atomic mass is 31.2. The number of imidazole rings is 2. The number of phosphoric ester groups is 2. The fourth-order valence-corrected chi connectivity index (χ4v) is 7.19. The number of nitrogen functional groups attached to an aromatic ring is 2. The molecule has 3 saturated heterocycles. The van der Waals surface area contributed by atoms with Crippen molar-refractivity contribution in [3.63, 3.8) is 0 Å². The van der Waals surface area contributed by atoms with Gasteiger partial charge >= 0.3 is 15.6 Å². The van der Waals surface area contributed by atoms with Gasteiger partial charge in [-0.1, -0.05) is 0 Å². The maximum atomic E-state index is 13.2. The van der Waals surface area contributed by atoms with E-state index in [0.717, 1.165) is 17.2 Å². The number of nitrogens with one attached hydrogen (secondary N) is 1. The summed E-state index contributed by atoms with van der Waals surface area (Å²) in [6, 6.07) is 0. The molecule has 2 bridgehead atoms. The number of hydrogen-bond acceptors (Lipinski definition) is 18. The van der Waals surface area contributed by atoms with E-state index in [4.69, 9.17) is 39.0 Å². The van der Waals surface area contributed by atoms with Crippen molar-refractivity contribution in [1.82, 2.24) is 39.0 Å². The van der Waals surface area contributed by atoms with E-state index in [0.29, 0.717) is 0 Å². The number of aliphatic hydroxyl groups is 2. The van der Waals surface area contributed by atoms with Crippen LogP contribution in [0.4, 0.5) is 11.8 Å². The Morgan fingerprint density at radius 2 is 1.44 bits per heavy atom. The Balaban J connectivity index is 1.21. The second-order valence-corrected chi connectivity index (χ2v) is 13.0. The van der Waals surface area contributed by atoms with E-state index in [9.17, 15) is 33.9 Å². The molecule has 0 spiro atoms. The average molecular weight is 674 g/mol. The molecule has 3 unspecified atom stereocenters. The highest BCUT2D eigenvalue weighted by Gasteiger charge is 2.54. The maximum Gasteiger partial charge on any atom is 0.472 e. The summed E-state index contributed by atoms with van der Waals surface area (Å²) in [6.07, 6.45) is -9.21. The molecule has 3 fully saturated rings. The Bertz CT molecular complexity index is 1940. The molecule has 7 heterocycles. The number of nitrogens with zero attached hydrogens (tertiary/aromatic N) is 7. The van der Waals surface area contributed by atoms with Crippen LogP contribution < -0.4 is 17.0 Å². The van der Waals surface area contributed by atoms with Gasteiger partial charge in [0.05, 0.1) is 25.9 Å². The van der Waals surface area contributed by atoms with Crippen LogP contribution in [-0.2, 0) is 36.7 Å². The molecule has 4 aromatic heterocycles. The number of nitrogens with two attached hydrogens (primary N) is 2. The summed E-state index contributed by atoms with van der Waals surface area (Å²) in [5, 5.41) is 22.1. The molecule has 7 rings (SSSR count). The lowest BCUT2D eigenvalue weighted by molar-refractivity contribution is -0.0672. The maximum absolute atomic E-state index is 13.2. The number of ether oxygens (including phenoxy) is 2. The molecule has 0 saturated carbocycles. The fourth-order valence-electron chi connectivity index (χ4n) is 5.30. The fraction of sp³-hybridized carbons (Fsp3) is 0.500. The highest BCUT2D eigenvalue weighted by molar-refractivity contribution is 7.47. The topological polar surface area (TPSA) is 330 Å². The minimum Gasteiger partial charge on any atom is -0.387 e. The monoisotopic (exact) mass is 674 g/mol. The van der Waals surface area contributed by atoms with Gasteiger partial charge in [0.1, 0.15) is 48.5 Å². The zero-order valence-corrected chi connectivity index (χ0v) is 24.2. The minimum atomic E-state index is -5.11. The lowest BCUT2D eigenvalue weighted by Gasteiger charge is -2.25. The van der Waals surface area contributed by atoms with Crippen molar-refractivity contribution < 1.29 is 56.7 Å².